The lowest BCUT2D eigenvalue weighted by Crippen LogP contribution is -2.58. The van der Waals surface area contributed by atoms with Gasteiger partial charge in [-0.3, -0.25) is 9.69 Å². The molecule has 2 aromatic carbocycles. The first-order chi connectivity index (χ1) is 13.7. The summed E-state index contributed by atoms with van der Waals surface area (Å²) < 4.78 is 18.9. The zero-order valence-electron chi connectivity index (χ0n) is 17.6. The first kappa shape index (κ1) is 21.1. The molecule has 2 aromatic rings. The van der Waals surface area contributed by atoms with Gasteiger partial charge >= 0.3 is 0 Å². The number of ether oxygens (including phenoxy) is 1. The van der Waals surface area contributed by atoms with Crippen molar-refractivity contribution in [2.24, 2.45) is 0 Å². The minimum Gasteiger partial charge on any atom is -0.483 e. The Morgan fingerprint density at radius 3 is 2.48 bits per heavy atom. The van der Waals surface area contributed by atoms with E-state index < -0.39 is 0 Å². The smallest absolute Gasteiger partial charge is 0.260 e. The molecule has 29 heavy (non-hydrogen) atoms. The second-order valence-corrected chi connectivity index (χ2v) is 8.06. The Morgan fingerprint density at radius 1 is 1.10 bits per heavy atom. The summed E-state index contributed by atoms with van der Waals surface area (Å²) in [7, 11) is 0. The van der Waals surface area contributed by atoms with Gasteiger partial charge in [0.25, 0.3) is 5.91 Å². The number of anilines is 1. The Morgan fingerprint density at radius 2 is 1.79 bits per heavy atom. The maximum absolute atomic E-state index is 13.1. The molecule has 2 N–H and O–H groups in total. The highest BCUT2D eigenvalue weighted by atomic mass is 19.1. The van der Waals surface area contributed by atoms with Crippen molar-refractivity contribution in [3.63, 3.8) is 0 Å². The van der Waals surface area contributed by atoms with E-state index in [4.69, 9.17) is 10.5 Å². The Bertz CT molecular complexity index is 869. The standard InChI is InChI=1S/C23H30FN3O2/c1-15-10-22(16(2)9-21(15)25)29-14-23(28)27-12-17(3)26(11-18(27)4)13-19-5-7-20(24)8-6-19/h5-10,17-18H,11-14,25H2,1-4H3/t17-,18+/m0/s1. The molecule has 1 heterocycles. The Hall–Kier alpha value is -2.60. The molecule has 0 aliphatic carbocycles. The fourth-order valence-electron chi connectivity index (χ4n) is 3.78. The predicted octanol–water partition coefficient (Wildman–Crippen LogP) is 3.52. The van der Waals surface area contributed by atoms with Gasteiger partial charge in [-0.05, 0) is 68.7 Å². The molecule has 5 nitrogen and oxygen atoms in total. The van der Waals surface area contributed by atoms with E-state index in [-0.39, 0.29) is 30.4 Å². The monoisotopic (exact) mass is 399 g/mol. The molecule has 1 fully saturated rings. The molecule has 1 saturated heterocycles. The van der Waals surface area contributed by atoms with Gasteiger partial charge in [0, 0.05) is 37.4 Å². The van der Waals surface area contributed by atoms with Crippen LogP contribution < -0.4 is 10.5 Å². The van der Waals surface area contributed by atoms with Gasteiger partial charge in [0.2, 0.25) is 0 Å². The molecule has 1 aliphatic rings. The maximum Gasteiger partial charge on any atom is 0.260 e. The maximum atomic E-state index is 13.1. The predicted molar refractivity (Wildman–Crippen MR) is 113 cm³/mol. The Balaban J connectivity index is 1.58. The van der Waals surface area contributed by atoms with Gasteiger partial charge in [-0.25, -0.2) is 4.39 Å². The summed E-state index contributed by atoms with van der Waals surface area (Å²) in [6.07, 6.45) is 0. The first-order valence-electron chi connectivity index (χ1n) is 10.0. The first-order valence-corrected chi connectivity index (χ1v) is 10.0. The highest BCUT2D eigenvalue weighted by Gasteiger charge is 2.32. The largest absolute Gasteiger partial charge is 0.483 e. The summed E-state index contributed by atoms with van der Waals surface area (Å²) in [5.74, 6) is 0.456. The Labute approximate surface area is 172 Å². The number of nitrogens with two attached hydrogens (primary N) is 1. The number of rotatable bonds is 5. The van der Waals surface area contributed by atoms with Crippen LogP contribution in [0.1, 0.15) is 30.5 Å². The van der Waals surface area contributed by atoms with Crippen molar-refractivity contribution in [1.29, 1.82) is 0 Å². The SMILES string of the molecule is Cc1cc(OCC(=O)N2C[C@H](C)N(Cc3ccc(F)cc3)C[C@H]2C)c(C)cc1N. The van der Waals surface area contributed by atoms with Gasteiger partial charge in [0.15, 0.2) is 6.61 Å². The molecule has 156 valence electrons. The van der Waals surface area contributed by atoms with E-state index >= 15 is 0 Å². The molecule has 0 spiro atoms. The molecule has 0 bridgehead atoms. The van der Waals surface area contributed by atoms with Crippen molar-refractivity contribution >= 4 is 11.6 Å². The summed E-state index contributed by atoms with van der Waals surface area (Å²) in [5, 5.41) is 0. The number of benzene rings is 2. The van der Waals surface area contributed by atoms with E-state index in [0.717, 1.165) is 35.5 Å². The van der Waals surface area contributed by atoms with Crippen LogP contribution in [0, 0.1) is 19.7 Å². The number of carbonyl (C=O) groups is 1. The quantitative estimate of drug-likeness (QED) is 0.782. The van der Waals surface area contributed by atoms with Crippen LogP contribution in [0.25, 0.3) is 0 Å². The van der Waals surface area contributed by atoms with Crippen molar-refractivity contribution < 1.29 is 13.9 Å². The van der Waals surface area contributed by atoms with Crippen LogP contribution in [0.3, 0.4) is 0 Å². The van der Waals surface area contributed by atoms with Crippen LogP contribution in [0.4, 0.5) is 10.1 Å². The second-order valence-electron chi connectivity index (χ2n) is 8.06. The lowest BCUT2D eigenvalue weighted by Gasteiger charge is -2.44. The summed E-state index contributed by atoms with van der Waals surface area (Å²) in [6.45, 7) is 10.2. The van der Waals surface area contributed by atoms with E-state index in [1.54, 1.807) is 0 Å². The summed E-state index contributed by atoms with van der Waals surface area (Å²) >= 11 is 0. The van der Waals surface area contributed by atoms with Crippen molar-refractivity contribution in [3.8, 4) is 5.75 Å². The van der Waals surface area contributed by atoms with Gasteiger partial charge in [-0.15, -0.1) is 0 Å². The average Bonchev–Trinajstić information content (AvgIpc) is 2.67. The average molecular weight is 400 g/mol. The zero-order valence-corrected chi connectivity index (χ0v) is 17.6. The third-order valence-corrected chi connectivity index (χ3v) is 5.65. The van der Waals surface area contributed by atoms with Crippen LogP contribution in [0.5, 0.6) is 5.75 Å². The molecule has 0 saturated carbocycles. The topological polar surface area (TPSA) is 58.8 Å². The highest BCUT2D eigenvalue weighted by Crippen LogP contribution is 2.25. The van der Waals surface area contributed by atoms with Gasteiger partial charge in [0.05, 0.1) is 0 Å². The zero-order chi connectivity index (χ0) is 21.1. The van der Waals surface area contributed by atoms with Crippen LogP contribution in [0.15, 0.2) is 36.4 Å². The molecule has 6 heteroatoms. The number of nitrogens with zero attached hydrogens (tertiary/aromatic N) is 2. The van der Waals surface area contributed by atoms with E-state index in [1.165, 1.54) is 12.1 Å². The third kappa shape index (κ3) is 5.07. The molecule has 1 amide bonds. The number of halogens is 1. The molecule has 0 radical (unpaired) electrons. The lowest BCUT2D eigenvalue weighted by atomic mass is 10.1. The van der Waals surface area contributed by atoms with Crippen molar-refractivity contribution in [3.05, 3.63) is 58.9 Å². The number of hydrogen-bond acceptors (Lipinski definition) is 4. The lowest BCUT2D eigenvalue weighted by molar-refractivity contribution is -0.139. The van der Waals surface area contributed by atoms with Crippen LogP contribution >= 0.6 is 0 Å². The number of nitrogen functional groups attached to an aromatic ring is 1. The highest BCUT2D eigenvalue weighted by molar-refractivity contribution is 5.78. The van der Waals surface area contributed by atoms with Gasteiger partial charge in [-0.1, -0.05) is 12.1 Å². The molecule has 2 atom stereocenters. The van der Waals surface area contributed by atoms with Crippen molar-refractivity contribution in [2.45, 2.75) is 46.3 Å². The molecule has 1 aliphatic heterocycles. The van der Waals surface area contributed by atoms with E-state index in [2.05, 4.69) is 18.7 Å². The molecule has 3 rings (SSSR count). The van der Waals surface area contributed by atoms with Gasteiger partial charge in [-0.2, -0.15) is 0 Å². The number of carbonyl (C=O) groups excluding carboxylic acids is 1. The van der Waals surface area contributed by atoms with Crippen molar-refractivity contribution in [1.82, 2.24) is 9.80 Å². The number of aryl methyl sites for hydroxylation is 2. The minimum atomic E-state index is -0.225. The molecular formula is C23H30FN3O2. The number of amides is 1. The minimum absolute atomic E-state index is 0.0131. The van der Waals surface area contributed by atoms with Gasteiger partial charge in [0.1, 0.15) is 11.6 Å². The summed E-state index contributed by atoms with van der Waals surface area (Å²) in [4.78, 5) is 17.0. The van der Waals surface area contributed by atoms with Gasteiger partial charge < -0.3 is 15.4 Å². The van der Waals surface area contributed by atoms with Crippen LogP contribution in [0.2, 0.25) is 0 Å². The number of hydrogen-bond donors (Lipinski definition) is 1. The second kappa shape index (κ2) is 8.82. The fourth-order valence-corrected chi connectivity index (χ4v) is 3.78. The normalized spacial score (nSPS) is 20.0. The fraction of sp³-hybridized carbons (Fsp3) is 0.435. The molecule has 0 unspecified atom stereocenters. The number of piperazine rings is 1. The molecular weight excluding hydrogens is 369 g/mol. The van der Waals surface area contributed by atoms with Crippen LogP contribution in [-0.4, -0.2) is 47.5 Å². The summed E-state index contributed by atoms with van der Waals surface area (Å²) in [5.41, 5.74) is 9.57. The van der Waals surface area contributed by atoms with E-state index in [9.17, 15) is 9.18 Å². The molecule has 0 aromatic heterocycles. The van der Waals surface area contributed by atoms with E-state index in [0.29, 0.717) is 12.3 Å². The van der Waals surface area contributed by atoms with Crippen molar-refractivity contribution in [2.75, 3.05) is 25.4 Å². The van der Waals surface area contributed by atoms with E-state index in [1.807, 2.05) is 43.0 Å². The summed E-state index contributed by atoms with van der Waals surface area (Å²) in [6, 6.07) is 10.6. The third-order valence-electron chi connectivity index (χ3n) is 5.65. The Kier molecular flexibility index (Phi) is 6.42. The van der Waals surface area contributed by atoms with Crippen LogP contribution in [-0.2, 0) is 11.3 Å².